The van der Waals surface area contributed by atoms with Crippen LogP contribution in [0.25, 0.3) is 23.3 Å². The molecule has 47 heavy (non-hydrogen) atoms. The summed E-state index contributed by atoms with van der Waals surface area (Å²) in [5.41, 5.74) is 1.33. The van der Waals surface area contributed by atoms with Gasteiger partial charge in [0.05, 0.1) is 5.56 Å². The molecule has 0 aliphatic carbocycles. The summed E-state index contributed by atoms with van der Waals surface area (Å²) in [5.74, 6) is -4.95. The number of aryl methyl sites for hydroxylation is 1. The van der Waals surface area contributed by atoms with Crippen LogP contribution in [0.1, 0.15) is 56.8 Å². The smallest absolute Gasteiger partial charge is 0.235 e. The lowest BCUT2D eigenvalue weighted by atomic mass is 9.92. The number of carbonyl (C=O) groups is 2. The van der Waals surface area contributed by atoms with Crippen LogP contribution in [0.4, 0.5) is 0 Å². The van der Waals surface area contributed by atoms with Gasteiger partial charge in [-0.2, -0.15) is 0 Å². The number of phenolic OH excluding ortho intramolecular Hbond substituents is 7. The van der Waals surface area contributed by atoms with Gasteiger partial charge >= 0.3 is 0 Å². The van der Waals surface area contributed by atoms with Crippen LogP contribution in [0, 0.1) is 6.92 Å². The summed E-state index contributed by atoms with van der Waals surface area (Å²) >= 11 is 0. The van der Waals surface area contributed by atoms with Crippen molar-refractivity contribution in [1.29, 1.82) is 0 Å². The van der Waals surface area contributed by atoms with E-state index < -0.39 is 34.6 Å². The maximum atomic E-state index is 13.5. The zero-order valence-corrected chi connectivity index (χ0v) is 25.2. The summed E-state index contributed by atoms with van der Waals surface area (Å²) in [4.78, 5) is 26.9. The largest absolute Gasteiger partial charge is 0.508 e. The third-order valence-corrected chi connectivity index (χ3v) is 7.87. The summed E-state index contributed by atoms with van der Waals surface area (Å²) in [6.07, 6.45) is 4.48. The number of allylic oxidation sites excluding steroid dienone is 4. The quantitative estimate of drug-likeness (QED) is 0.0734. The number of hydrogen-bond acceptors (Lipinski definition) is 11. The van der Waals surface area contributed by atoms with Gasteiger partial charge in [0.1, 0.15) is 51.4 Å². The Morgan fingerprint density at radius 3 is 1.91 bits per heavy atom. The molecule has 0 unspecified atom stereocenters. The topological polar surface area (TPSA) is 194 Å². The zero-order valence-electron chi connectivity index (χ0n) is 25.2. The Kier molecular flexibility index (Phi) is 7.32. The normalized spacial score (nSPS) is 15.0. The van der Waals surface area contributed by atoms with E-state index in [1.54, 1.807) is 13.0 Å². The van der Waals surface area contributed by atoms with Gasteiger partial charge in [-0.15, -0.1) is 0 Å². The summed E-state index contributed by atoms with van der Waals surface area (Å²) in [7, 11) is 0. The molecule has 11 nitrogen and oxygen atoms in total. The van der Waals surface area contributed by atoms with Gasteiger partial charge in [0.25, 0.3) is 0 Å². The van der Waals surface area contributed by atoms with Crippen LogP contribution in [-0.2, 0) is 6.42 Å². The molecule has 238 valence electrons. The maximum Gasteiger partial charge on any atom is 0.235 e. The third kappa shape index (κ3) is 5.23. The van der Waals surface area contributed by atoms with Crippen LogP contribution in [0.5, 0.6) is 51.7 Å². The molecule has 0 atom stereocenters. The predicted octanol–water partition coefficient (Wildman–Crippen LogP) is 6.34. The van der Waals surface area contributed by atoms with Crippen LogP contribution in [-0.4, -0.2) is 47.3 Å². The van der Waals surface area contributed by atoms with Crippen molar-refractivity contribution >= 4 is 23.7 Å². The zero-order chi connectivity index (χ0) is 33.9. The molecule has 4 aromatic carbocycles. The molecule has 0 radical (unpaired) electrons. The average molecular weight is 637 g/mol. The molecule has 6 rings (SSSR count). The SMILES string of the molecule is CC(C)=CCc1c(O)cc2c(c1O)C(=O)/C(=C\c1cc(O)c(C)cc1-c1c(O)cc3c(c1O)C(=O)/C(=C\c1ccc(O)c(O)c1)O3)O2. The first kappa shape index (κ1) is 30.7. The number of ether oxygens (including phenoxy) is 2. The Balaban J connectivity index is 1.43. The molecular formula is C36H28O11. The lowest BCUT2D eigenvalue weighted by molar-refractivity contribution is 0.100. The van der Waals surface area contributed by atoms with Gasteiger partial charge in [-0.3, -0.25) is 9.59 Å². The fourth-order valence-electron chi connectivity index (χ4n) is 5.41. The van der Waals surface area contributed by atoms with E-state index in [0.717, 1.165) is 11.6 Å². The molecule has 0 spiro atoms. The molecule has 0 saturated carbocycles. The Hall–Kier alpha value is -6.36. The minimum Gasteiger partial charge on any atom is -0.508 e. The third-order valence-electron chi connectivity index (χ3n) is 7.87. The number of phenols is 7. The van der Waals surface area contributed by atoms with Gasteiger partial charge < -0.3 is 45.2 Å². The standard InChI is InChI=1S/C36H28O11/c1-15(2)4-6-19-23(39)13-26-31(33(19)42)35(44)29(47-26)12-18-11-22(38)16(3)8-20(18)30-25(41)14-27-32(36(30)45)34(43)28(46-27)10-17-5-7-21(37)24(40)9-17/h4-5,7-14,37-42,45H,6H2,1-3H3/b28-10+,29-12+. The van der Waals surface area contributed by atoms with Crippen molar-refractivity contribution in [3.8, 4) is 62.9 Å². The van der Waals surface area contributed by atoms with Crippen molar-refractivity contribution in [2.24, 2.45) is 0 Å². The lowest BCUT2D eigenvalue weighted by Gasteiger charge is -2.15. The summed E-state index contributed by atoms with van der Waals surface area (Å²) in [5, 5.41) is 73.9. The monoisotopic (exact) mass is 636 g/mol. The van der Waals surface area contributed by atoms with Crippen molar-refractivity contribution in [1.82, 2.24) is 0 Å². The van der Waals surface area contributed by atoms with E-state index in [0.29, 0.717) is 11.1 Å². The van der Waals surface area contributed by atoms with Gasteiger partial charge in [0, 0.05) is 17.7 Å². The van der Waals surface area contributed by atoms with E-state index in [1.807, 2.05) is 13.8 Å². The Bertz CT molecular complexity index is 2150. The van der Waals surface area contributed by atoms with Crippen molar-refractivity contribution in [3.63, 3.8) is 0 Å². The van der Waals surface area contributed by atoms with E-state index in [9.17, 15) is 45.3 Å². The highest BCUT2D eigenvalue weighted by Crippen LogP contribution is 2.51. The molecule has 7 N–H and O–H groups in total. The van der Waals surface area contributed by atoms with Crippen molar-refractivity contribution < 1.29 is 54.8 Å². The van der Waals surface area contributed by atoms with E-state index in [2.05, 4.69) is 0 Å². The molecule has 0 amide bonds. The van der Waals surface area contributed by atoms with E-state index in [4.69, 9.17) is 9.47 Å². The first-order chi connectivity index (χ1) is 22.2. The highest BCUT2D eigenvalue weighted by atomic mass is 16.5. The number of hydrogen-bond donors (Lipinski definition) is 7. The molecule has 0 aromatic heterocycles. The minimum absolute atomic E-state index is 0.0812. The minimum atomic E-state index is -0.731. The Labute approximate surface area is 267 Å². The van der Waals surface area contributed by atoms with Crippen molar-refractivity contribution in [2.75, 3.05) is 0 Å². The second-order valence-corrected chi connectivity index (χ2v) is 11.4. The number of carbonyl (C=O) groups excluding carboxylic acids is 2. The summed E-state index contributed by atoms with van der Waals surface area (Å²) < 4.78 is 11.3. The van der Waals surface area contributed by atoms with Gasteiger partial charge in [-0.1, -0.05) is 17.7 Å². The number of ketones is 2. The highest BCUT2D eigenvalue weighted by Gasteiger charge is 2.36. The number of fused-ring (bicyclic) bond motifs is 2. The number of benzene rings is 4. The van der Waals surface area contributed by atoms with Crippen LogP contribution >= 0.6 is 0 Å². The average Bonchev–Trinajstić information content (AvgIpc) is 3.47. The fourth-order valence-corrected chi connectivity index (χ4v) is 5.41. The summed E-state index contributed by atoms with van der Waals surface area (Å²) in [6, 6.07) is 8.94. The maximum absolute atomic E-state index is 13.5. The van der Waals surface area contributed by atoms with Crippen LogP contribution in [0.3, 0.4) is 0 Å². The van der Waals surface area contributed by atoms with Gasteiger partial charge in [0.2, 0.25) is 11.6 Å². The molecule has 0 fully saturated rings. The summed E-state index contributed by atoms with van der Waals surface area (Å²) in [6.45, 7) is 5.27. The second kappa shape index (κ2) is 11.2. The first-order valence-electron chi connectivity index (χ1n) is 14.3. The molecule has 2 heterocycles. The number of Topliss-reactive ketones (excluding diaryl/α,β-unsaturated/α-hetero) is 2. The van der Waals surface area contributed by atoms with E-state index in [1.165, 1.54) is 48.6 Å². The van der Waals surface area contributed by atoms with Crippen LogP contribution < -0.4 is 9.47 Å². The van der Waals surface area contributed by atoms with Crippen molar-refractivity contribution in [2.45, 2.75) is 27.2 Å². The molecule has 0 bridgehead atoms. The molecule has 0 saturated heterocycles. The number of rotatable bonds is 5. The van der Waals surface area contributed by atoms with Gasteiger partial charge in [-0.25, -0.2) is 0 Å². The Morgan fingerprint density at radius 1 is 0.660 bits per heavy atom. The van der Waals surface area contributed by atoms with Gasteiger partial charge in [-0.05, 0) is 85.9 Å². The second-order valence-electron chi connectivity index (χ2n) is 11.4. The molecule has 11 heteroatoms. The fraction of sp³-hybridized carbons (Fsp3) is 0.111. The molecule has 4 aromatic rings. The van der Waals surface area contributed by atoms with E-state index >= 15 is 0 Å². The molecule has 2 aliphatic heterocycles. The first-order valence-corrected chi connectivity index (χ1v) is 14.3. The highest BCUT2D eigenvalue weighted by molar-refractivity contribution is 6.18. The van der Waals surface area contributed by atoms with Gasteiger partial charge in [0.15, 0.2) is 23.0 Å². The van der Waals surface area contributed by atoms with Crippen LogP contribution in [0.15, 0.2) is 65.6 Å². The lowest BCUT2D eigenvalue weighted by Crippen LogP contribution is -2.01. The van der Waals surface area contributed by atoms with E-state index in [-0.39, 0.29) is 80.1 Å². The molecular weight excluding hydrogens is 608 g/mol. The Morgan fingerprint density at radius 2 is 1.28 bits per heavy atom. The number of aromatic hydroxyl groups is 7. The van der Waals surface area contributed by atoms with Crippen molar-refractivity contribution in [3.05, 3.63) is 99.0 Å². The van der Waals surface area contributed by atoms with Crippen LogP contribution in [0.2, 0.25) is 0 Å². The predicted molar refractivity (Wildman–Crippen MR) is 170 cm³/mol. The molecule has 2 aliphatic rings.